The molecule has 0 aromatic heterocycles. The summed E-state index contributed by atoms with van der Waals surface area (Å²) in [6.45, 7) is 2.56. The molecule has 33 heavy (non-hydrogen) atoms. The molecule has 0 amide bonds. The monoisotopic (exact) mass is 468 g/mol. The summed E-state index contributed by atoms with van der Waals surface area (Å²) in [7, 11) is 5.72. The Morgan fingerprint density at radius 1 is 0.970 bits per heavy atom. The highest BCUT2D eigenvalue weighted by molar-refractivity contribution is 5.70. The van der Waals surface area contributed by atoms with Crippen molar-refractivity contribution in [2.24, 2.45) is 0 Å². The van der Waals surface area contributed by atoms with Gasteiger partial charge < -0.3 is 19.1 Å². The molecule has 0 aromatic rings. The van der Waals surface area contributed by atoms with Crippen LogP contribution >= 0.6 is 0 Å². The highest BCUT2D eigenvalue weighted by Crippen LogP contribution is 2.13. The fourth-order valence-electron chi connectivity index (χ4n) is 3.46. The first kappa shape index (κ1) is 30.8. The minimum atomic E-state index is -1.22. The third kappa shape index (κ3) is 20.1. The second kappa shape index (κ2) is 18.2. The van der Waals surface area contributed by atoms with E-state index in [4.69, 9.17) is 4.74 Å². The van der Waals surface area contributed by atoms with E-state index in [1.807, 2.05) is 33.3 Å². The van der Waals surface area contributed by atoms with Crippen molar-refractivity contribution in [3.63, 3.8) is 0 Å². The summed E-state index contributed by atoms with van der Waals surface area (Å²) in [6.07, 6.45) is 14.7. The molecule has 0 saturated carbocycles. The van der Waals surface area contributed by atoms with E-state index in [0.717, 1.165) is 38.5 Å². The van der Waals surface area contributed by atoms with Crippen molar-refractivity contribution >= 4 is 11.9 Å². The van der Waals surface area contributed by atoms with E-state index in [1.165, 1.54) is 12.8 Å². The molecule has 0 bridgehead atoms. The summed E-state index contributed by atoms with van der Waals surface area (Å²) in [6, 6.07) is 0. The number of nitro groups is 1. The molecule has 8 nitrogen and oxygen atoms in total. The van der Waals surface area contributed by atoms with E-state index in [9.17, 15) is 24.8 Å². The van der Waals surface area contributed by atoms with E-state index >= 15 is 0 Å². The van der Waals surface area contributed by atoms with Crippen LogP contribution in [0.15, 0.2) is 23.9 Å². The van der Waals surface area contributed by atoms with Crippen LogP contribution in [0.5, 0.6) is 0 Å². The first-order chi connectivity index (χ1) is 15.5. The average Bonchev–Trinajstić information content (AvgIpc) is 2.68. The van der Waals surface area contributed by atoms with Crippen molar-refractivity contribution in [2.45, 2.75) is 96.5 Å². The predicted octanol–water partition coefficient (Wildman–Crippen LogP) is 4.16. The van der Waals surface area contributed by atoms with Crippen LogP contribution < -0.4 is 5.11 Å². The van der Waals surface area contributed by atoms with Crippen LogP contribution in [-0.4, -0.2) is 55.1 Å². The topological polar surface area (TPSA) is 110 Å². The number of quaternary nitrogens is 1. The number of carboxylic acids is 1. The molecule has 0 aliphatic carbocycles. The summed E-state index contributed by atoms with van der Waals surface area (Å²) in [5.74, 6) is -1.60. The lowest BCUT2D eigenvalue weighted by Gasteiger charge is -2.29. The Kier molecular flexibility index (Phi) is 17.0. The minimum absolute atomic E-state index is 0.254. The Bertz CT molecular complexity index is 637. The third-order valence-corrected chi connectivity index (χ3v) is 5.11. The van der Waals surface area contributed by atoms with Gasteiger partial charge in [0.25, 0.3) is 0 Å². The maximum absolute atomic E-state index is 12.0. The number of unbranched alkanes of at least 4 members (excludes halogenated alkanes) is 8. The summed E-state index contributed by atoms with van der Waals surface area (Å²) in [5.41, 5.74) is 0.254. The van der Waals surface area contributed by atoms with Gasteiger partial charge in [-0.05, 0) is 38.2 Å². The van der Waals surface area contributed by atoms with Gasteiger partial charge in [-0.25, -0.2) is 0 Å². The van der Waals surface area contributed by atoms with Gasteiger partial charge in [0.05, 0.1) is 32.5 Å². The summed E-state index contributed by atoms with van der Waals surface area (Å²) < 4.78 is 5.83. The lowest BCUT2D eigenvalue weighted by molar-refractivity contribution is -0.873. The molecule has 1 atom stereocenters. The second-order valence-corrected chi connectivity index (χ2v) is 9.59. The fourth-order valence-corrected chi connectivity index (χ4v) is 3.46. The smallest absolute Gasteiger partial charge is 0.306 e. The number of hydrogen-bond acceptors (Lipinski definition) is 6. The van der Waals surface area contributed by atoms with Gasteiger partial charge in [0, 0.05) is 18.8 Å². The van der Waals surface area contributed by atoms with Gasteiger partial charge in [-0.1, -0.05) is 51.2 Å². The van der Waals surface area contributed by atoms with Crippen LogP contribution in [0, 0.1) is 10.1 Å². The maximum Gasteiger partial charge on any atom is 0.306 e. The fraction of sp³-hybridized carbons (Fsp3) is 0.760. The van der Waals surface area contributed by atoms with Crippen molar-refractivity contribution in [1.29, 1.82) is 0 Å². The van der Waals surface area contributed by atoms with E-state index < -0.39 is 12.1 Å². The number of carbonyl (C=O) groups is 2. The Labute approximate surface area is 199 Å². The molecule has 0 aromatic carbocycles. The number of allylic oxidation sites excluding steroid dienone is 3. The number of esters is 1. The molecule has 8 heteroatoms. The molecule has 0 rings (SSSR count). The van der Waals surface area contributed by atoms with Gasteiger partial charge in [-0.3, -0.25) is 14.9 Å². The van der Waals surface area contributed by atoms with Crippen LogP contribution in [0.1, 0.15) is 90.4 Å². The van der Waals surface area contributed by atoms with Crippen LogP contribution in [0.2, 0.25) is 0 Å². The Balaban J connectivity index is 4.07. The zero-order valence-corrected chi connectivity index (χ0v) is 21.1. The van der Waals surface area contributed by atoms with Crippen LogP contribution in [0.3, 0.4) is 0 Å². The predicted molar refractivity (Wildman–Crippen MR) is 128 cm³/mol. The standard InChI is InChI=1S/C25H44N2O6/c1-5-6-7-8-11-14-17-22(26(31)32)18-15-12-9-10-13-16-19-25(30)33-23(20-24(28)29)21-27(2,3)4/h11,14,18,23H,5-10,12-13,15-17,19-21H2,1-4H3/b14-11+,22-18-. The molecule has 0 N–H and O–H groups in total. The largest absolute Gasteiger partial charge is 0.550 e. The summed E-state index contributed by atoms with van der Waals surface area (Å²) in [4.78, 5) is 33.8. The summed E-state index contributed by atoms with van der Waals surface area (Å²) in [5, 5.41) is 22.1. The number of carboxylic acid groups (broad SMARTS) is 1. The average molecular weight is 469 g/mol. The molecular weight excluding hydrogens is 424 g/mol. The number of ether oxygens (including phenoxy) is 1. The minimum Gasteiger partial charge on any atom is -0.550 e. The molecule has 0 fully saturated rings. The molecular formula is C25H44N2O6. The molecule has 190 valence electrons. The Hall–Kier alpha value is -2.22. The van der Waals surface area contributed by atoms with Gasteiger partial charge in [-0.15, -0.1) is 0 Å². The molecule has 0 heterocycles. The highest BCUT2D eigenvalue weighted by atomic mass is 16.6. The van der Waals surface area contributed by atoms with E-state index in [0.29, 0.717) is 30.3 Å². The zero-order chi connectivity index (χ0) is 25.1. The number of carbonyl (C=O) groups excluding carboxylic acids is 2. The van der Waals surface area contributed by atoms with Crippen molar-refractivity contribution in [1.82, 2.24) is 0 Å². The molecule has 0 spiro atoms. The maximum atomic E-state index is 12.0. The Morgan fingerprint density at radius 3 is 2.21 bits per heavy atom. The SMILES string of the molecule is CCCCC/C=C/C/C(=C/CCCCCCCC(=O)OC(CC(=O)[O-])C[N+](C)(C)C)[N+](=O)[O-]. The second-order valence-electron chi connectivity index (χ2n) is 9.59. The quantitative estimate of drug-likeness (QED) is 0.0662. The van der Waals surface area contributed by atoms with Crippen LogP contribution in [0.4, 0.5) is 0 Å². The van der Waals surface area contributed by atoms with Gasteiger partial charge in [0.15, 0.2) is 6.10 Å². The van der Waals surface area contributed by atoms with Gasteiger partial charge in [0.2, 0.25) is 5.70 Å². The zero-order valence-electron chi connectivity index (χ0n) is 21.1. The van der Waals surface area contributed by atoms with E-state index in [2.05, 4.69) is 6.92 Å². The number of rotatable bonds is 20. The number of likely N-dealkylation sites (N-methyl/N-ethyl adjacent to an activating group) is 1. The van der Waals surface area contributed by atoms with Crippen molar-refractivity contribution in [3.05, 3.63) is 34.0 Å². The molecule has 0 aliphatic rings. The molecule has 0 radical (unpaired) electrons. The van der Waals surface area contributed by atoms with E-state index in [-0.39, 0.29) is 29.4 Å². The lowest BCUT2D eigenvalue weighted by Crippen LogP contribution is -2.45. The third-order valence-electron chi connectivity index (χ3n) is 5.11. The highest BCUT2D eigenvalue weighted by Gasteiger charge is 2.22. The van der Waals surface area contributed by atoms with Crippen molar-refractivity contribution < 1.29 is 28.8 Å². The van der Waals surface area contributed by atoms with Gasteiger partial charge >= 0.3 is 5.97 Å². The van der Waals surface area contributed by atoms with Gasteiger partial charge in [-0.2, -0.15) is 0 Å². The van der Waals surface area contributed by atoms with Gasteiger partial charge in [0.1, 0.15) is 6.54 Å². The van der Waals surface area contributed by atoms with Crippen molar-refractivity contribution in [2.75, 3.05) is 27.7 Å². The number of nitrogens with zero attached hydrogens (tertiary/aromatic N) is 2. The molecule has 1 unspecified atom stereocenters. The first-order valence-corrected chi connectivity index (χ1v) is 12.2. The number of hydrogen-bond donors (Lipinski definition) is 0. The Morgan fingerprint density at radius 2 is 1.61 bits per heavy atom. The van der Waals surface area contributed by atoms with Crippen LogP contribution in [0.25, 0.3) is 0 Å². The normalized spacial score (nSPS) is 13.3. The van der Waals surface area contributed by atoms with Crippen LogP contribution in [-0.2, 0) is 14.3 Å². The first-order valence-electron chi connectivity index (χ1n) is 12.2. The summed E-state index contributed by atoms with van der Waals surface area (Å²) >= 11 is 0. The molecule has 0 saturated heterocycles. The van der Waals surface area contributed by atoms with E-state index in [1.54, 1.807) is 6.08 Å². The molecule has 0 aliphatic heterocycles. The van der Waals surface area contributed by atoms with Crippen molar-refractivity contribution in [3.8, 4) is 0 Å². The number of aliphatic carboxylic acids is 1. The lowest BCUT2D eigenvalue weighted by atomic mass is 10.1.